The van der Waals surface area contributed by atoms with Gasteiger partial charge in [0.25, 0.3) is 0 Å². The molecule has 0 unspecified atom stereocenters. The maximum Gasteiger partial charge on any atom is 0.303 e. The fraction of sp³-hybridized carbons (Fsp3) is 0.571. The van der Waals surface area contributed by atoms with Crippen LogP contribution < -0.4 is 0 Å². The summed E-state index contributed by atoms with van der Waals surface area (Å²) < 4.78 is 32.5. The van der Waals surface area contributed by atoms with E-state index >= 15 is 0 Å². The van der Waals surface area contributed by atoms with Gasteiger partial charge in [-0.2, -0.15) is 0 Å². The van der Waals surface area contributed by atoms with Gasteiger partial charge in [0, 0.05) is 27.9 Å². The van der Waals surface area contributed by atoms with Crippen molar-refractivity contribution in [2.75, 3.05) is 13.7 Å². The van der Waals surface area contributed by atoms with Crippen LogP contribution in [0.25, 0.3) is 0 Å². The fourth-order valence-electron chi connectivity index (χ4n) is 3.22. The zero-order valence-corrected chi connectivity index (χ0v) is 17.9. The molecule has 1 heterocycles. The molecule has 1 aromatic carbocycles. The minimum atomic E-state index is -1.38. The Morgan fingerprint density at radius 2 is 1.71 bits per heavy atom. The number of aliphatic hydroxyl groups excluding tert-OH is 1. The number of hydrogen-bond donors (Lipinski definition) is 1. The molecule has 1 aliphatic heterocycles. The maximum absolute atomic E-state index is 11.7. The first-order valence-electron chi connectivity index (χ1n) is 9.72. The standard InChI is InChI=1S/C21H28O10/c1-12(22)27-11-16(29-13(2)23)18-19(30-14(3)24)17(25)20(21(26-4)31-18)28-10-15-8-6-5-7-9-15/h5-9,16-21,25H,10-11H2,1-4H3/t16-,17-,18+,19-,20-,21-/m0/s1. The normalized spacial score (nSPS) is 26.5. The smallest absolute Gasteiger partial charge is 0.303 e. The van der Waals surface area contributed by atoms with Crippen molar-refractivity contribution in [1.29, 1.82) is 0 Å². The van der Waals surface area contributed by atoms with E-state index in [1.807, 2.05) is 30.3 Å². The summed E-state index contributed by atoms with van der Waals surface area (Å²) >= 11 is 0. The Morgan fingerprint density at radius 1 is 1.03 bits per heavy atom. The largest absolute Gasteiger partial charge is 0.462 e. The lowest BCUT2D eigenvalue weighted by atomic mass is 9.94. The van der Waals surface area contributed by atoms with Crippen LogP contribution in [0.4, 0.5) is 0 Å². The third-order valence-electron chi connectivity index (χ3n) is 4.51. The number of esters is 3. The van der Waals surface area contributed by atoms with Gasteiger partial charge < -0.3 is 33.5 Å². The number of benzene rings is 1. The molecule has 1 aromatic rings. The molecule has 0 aliphatic carbocycles. The number of aliphatic hydroxyl groups is 1. The highest BCUT2D eigenvalue weighted by molar-refractivity contribution is 5.67. The number of ether oxygens (including phenoxy) is 6. The van der Waals surface area contributed by atoms with Gasteiger partial charge in [-0.1, -0.05) is 30.3 Å². The van der Waals surface area contributed by atoms with Crippen LogP contribution in [0.3, 0.4) is 0 Å². The molecule has 0 aromatic heterocycles. The van der Waals surface area contributed by atoms with Gasteiger partial charge in [0.15, 0.2) is 18.5 Å². The molecule has 1 saturated heterocycles. The summed E-state index contributed by atoms with van der Waals surface area (Å²) in [5.74, 6) is -1.97. The SMILES string of the molecule is CO[C@H]1O[C@H]([C@H](COC(C)=O)OC(C)=O)[C@@H](OC(C)=O)[C@H](O)[C@@H]1OCc1ccccc1. The van der Waals surface area contributed by atoms with Crippen molar-refractivity contribution in [1.82, 2.24) is 0 Å². The molecule has 6 atom stereocenters. The Kier molecular flexibility index (Phi) is 9.38. The van der Waals surface area contributed by atoms with Gasteiger partial charge in [-0.05, 0) is 5.56 Å². The van der Waals surface area contributed by atoms with E-state index in [9.17, 15) is 19.5 Å². The molecule has 0 amide bonds. The van der Waals surface area contributed by atoms with Crippen LogP contribution in [0, 0.1) is 0 Å². The highest BCUT2D eigenvalue weighted by Crippen LogP contribution is 2.30. The second-order valence-electron chi connectivity index (χ2n) is 6.98. The zero-order valence-electron chi connectivity index (χ0n) is 17.9. The predicted octanol–water partition coefficient (Wildman–Crippen LogP) is 0.731. The van der Waals surface area contributed by atoms with E-state index in [4.69, 9.17) is 28.4 Å². The van der Waals surface area contributed by atoms with Gasteiger partial charge in [0.1, 0.15) is 24.9 Å². The zero-order chi connectivity index (χ0) is 23.0. The first-order chi connectivity index (χ1) is 14.7. The second kappa shape index (κ2) is 11.8. The number of carbonyl (C=O) groups is 3. The summed E-state index contributed by atoms with van der Waals surface area (Å²) in [6, 6.07) is 9.24. The fourth-order valence-corrected chi connectivity index (χ4v) is 3.22. The minimum Gasteiger partial charge on any atom is -0.462 e. The van der Waals surface area contributed by atoms with Gasteiger partial charge in [0.05, 0.1) is 6.61 Å². The Bertz CT molecular complexity index is 737. The summed E-state index contributed by atoms with van der Waals surface area (Å²) in [7, 11) is 1.35. The third kappa shape index (κ3) is 7.28. The minimum absolute atomic E-state index is 0.143. The molecule has 172 valence electrons. The molecule has 0 saturated carbocycles. The van der Waals surface area contributed by atoms with E-state index in [2.05, 4.69) is 0 Å². The lowest BCUT2D eigenvalue weighted by Crippen LogP contribution is -2.63. The summed E-state index contributed by atoms with van der Waals surface area (Å²) in [4.78, 5) is 34.5. The van der Waals surface area contributed by atoms with Crippen LogP contribution in [0.5, 0.6) is 0 Å². The van der Waals surface area contributed by atoms with Crippen molar-refractivity contribution in [2.24, 2.45) is 0 Å². The lowest BCUT2D eigenvalue weighted by molar-refractivity contribution is -0.318. The number of methoxy groups -OCH3 is 1. The molecule has 10 heteroatoms. The molecule has 1 aliphatic rings. The van der Waals surface area contributed by atoms with E-state index in [0.29, 0.717) is 0 Å². The van der Waals surface area contributed by atoms with Crippen LogP contribution in [0.2, 0.25) is 0 Å². The van der Waals surface area contributed by atoms with E-state index in [1.165, 1.54) is 27.9 Å². The monoisotopic (exact) mass is 440 g/mol. The quantitative estimate of drug-likeness (QED) is 0.434. The molecule has 0 spiro atoms. The van der Waals surface area contributed by atoms with Crippen LogP contribution in [-0.4, -0.2) is 73.5 Å². The molecule has 1 N–H and O–H groups in total. The second-order valence-corrected chi connectivity index (χ2v) is 6.98. The molecule has 1 fully saturated rings. The molecular weight excluding hydrogens is 412 g/mol. The average molecular weight is 440 g/mol. The van der Waals surface area contributed by atoms with Crippen LogP contribution in [0.1, 0.15) is 26.3 Å². The maximum atomic E-state index is 11.7. The predicted molar refractivity (Wildman–Crippen MR) is 104 cm³/mol. The number of rotatable bonds is 9. The van der Waals surface area contributed by atoms with Crippen LogP contribution >= 0.6 is 0 Å². The van der Waals surface area contributed by atoms with Gasteiger partial charge in [0.2, 0.25) is 0 Å². The van der Waals surface area contributed by atoms with Crippen LogP contribution in [0.15, 0.2) is 30.3 Å². The molecule has 2 rings (SSSR count). The first kappa shape index (κ1) is 24.7. The lowest BCUT2D eigenvalue weighted by Gasteiger charge is -2.44. The van der Waals surface area contributed by atoms with E-state index < -0.39 is 54.7 Å². The number of hydrogen-bond acceptors (Lipinski definition) is 10. The molecule has 10 nitrogen and oxygen atoms in total. The Balaban J connectivity index is 2.26. The van der Waals surface area contributed by atoms with Crippen molar-refractivity contribution < 1.29 is 47.9 Å². The topological polar surface area (TPSA) is 127 Å². The van der Waals surface area contributed by atoms with Gasteiger partial charge in [-0.3, -0.25) is 14.4 Å². The summed E-state index contributed by atoms with van der Waals surface area (Å²) in [6.07, 6.45) is -7.09. The average Bonchev–Trinajstić information content (AvgIpc) is 2.71. The van der Waals surface area contributed by atoms with E-state index in [-0.39, 0.29) is 13.2 Å². The van der Waals surface area contributed by atoms with Gasteiger partial charge in [-0.15, -0.1) is 0 Å². The van der Waals surface area contributed by atoms with Gasteiger partial charge >= 0.3 is 17.9 Å². The Morgan fingerprint density at radius 3 is 2.26 bits per heavy atom. The van der Waals surface area contributed by atoms with Crippen molar-refractivity contribution in [3.63, 3.8) is 0 Å². The van der Waals surface area contributed by atoms with Crippen molar-refractivity contribution in [3.05, 3.63) is 35.9 Å². The Labute approximate surface area is 180 Å². The summed E-state index contributed by atoms with van der Waals surface area (Å²) in [6.45, 7) is 3.30. The van der Waals surface area contributed by atoms with Crippen molar-refractivity contribution in [3.8, 4) is 0 Å². The Hall–Kier alpha value is -2.53. The number of carbonyl (C=O) groups excluding carboxylic acids is 3. The molecule has 0 radical (unpaired) electrons. The highest BCUT2D eigenvalue weighted by atomic mass is 16.7. The summed E-state index contributed by atoms with van der Waals surface area (Å²) in [5.41, 5.74) is 0.850. The van der Waals surface area contributed by atoms with E-state index in [1.54, 1.807) is 0 Å². The molecule has 31 heavy (non-hydrogen) atoms. The third-order valence-corrected chi connectivity index (χ3v) is 4.51. The van der Waals surface area contributed by atoms with Gasteiger partial charge in [-0.25, -0.2) is 0 Å². The van der Waals surface area contributed by atoms with E-state index in [0.717, 1.165) is 5.56 Å². The highest BCUT2D eigenvalue weighted by Gasteiger charge is 2.52. The molecule has 0 bridgehead atoms. The van der Waals surface area contributed by atoms with Crippen molar-refractivity contribution >= 4 is 17.9 Å². The first-order valence-corrected chi connectivity index (χ1v) is 9.72. The van der Waals surface area contributed by atoms with Crippen LogP contribution in [-0.2, 0) is 49.4 Å². The summed E-state index contributed by atoms with van der Waals surface area (Å²) in [5, 5.41) is 11.0. The van der Waals surface area contributed by atoms with Crippen molar-refractivity contribution in [2.45, 2.75) is 64.2 Å². The molecular formula is C21H28O10.